The highest BCUT2D eigenvalue weighted by Gasteiger charge is 2.47. The molecule has 1 aromatic rings. The monoisotopic (exact) mass is 452 g/mol. The van der Waals surface area contributed by atoms with E-state index in [1.54, 1.807) is 13.8 Å². The first-order chi connectivity index (χ1) is 14.6. The molecule has 0 saturated carbocycles. The molecule has 4 amide bonds. The summed E-state index contributed by atoms with van der Waals surface area (Å²) in [5.74, 6) is -0.912. The second kappa shape index (κ2) is 8.83. The molecule has 0 bridgehead atoms. The number of methoxy groups -OCH3 is 1. The standard InChI is InChI=1S/C20H28N4O6S/c1-4-20(2)18(26)24(19(27)22-20)13-17(25)21-14-8-9-15(30-3)16(12-14)31(28,29)23-10-6-5-7-11-23/h8-9,12H,4-7,10-11,13H2,1-3H3,(H,21,25)(H,22,27). The Kier molecular flexibility index (Phi) is 6.56. The summed E-state index contributed by atoms with van der Waals surface area (Å²) in [6.07, 6.45) is 2.96. The van der Waals surface area contributed by atoms with Crippen molar-refractivity contribution in [3.63, 3.8) is 0 Å². The molecule has 2 fully saturated rings. The fourth-order valence-corrected chi connectivity index (χ4v) is 5.37. The van der Waals surface area contributed by atoms with Crippen LogP contribution in [0.3, 0.4) is 0 Å². The molecule has 11 heteroatoms. The van der Waals surface area contributed by atoms with Gasteiger partial charge < -0.3 is 15.4 Å². The van der Waals surface area contributed by atoms with Crippen LogP contribution in [0.15, 0.2) is 23.1 Å². The molecular weight excluding hydrogens is 424 g/mol. The van der Waals surface area contributed by atoms with Gasteiger partial charge in [0, 0.05) is 18.8 Å². The summed E-state index contributed by atoms with van der Waals surface area (Å²) >= 11 is 0. The number of nitrogens with one attached hydrogen (secondary N) is 2. The number of nitrogens with zero attached hydrogens (tertiary/aromatic N) is 2. The van der Waals surface area contributed by atoms with Gasteiger partial charge in [-0.25, -0.2) is 13.2 Å². The highest BCUT2D eigenvalue weighted by Crippen LogP contribution is 2.31. The Morgan fingerprint density at radius 1 is 1.23 bits per heavy atom. The minimum absolute atomic E-state index is 0.0387. The van der Waals surface area contributed by atoms with Crippen LogP contribution in [0.2, 0.25) is 0 Å². The van der Waals surface area contributed by atoms with Crippen LogP contribution >= 0.6 is 0 Å². The van der Waals surface area contributed by atoms with E-state index in [0.717, 1.165) is 24.2 Å². The van der Waals surface area contributed by atoms with Gasteiger partial charge in [-0.2, -0.15) is 4.31 Å². The predicted molar refractivity (Wildman–Crippen MR) is 113 cm³/mol. The molecule has 170 valence electrons. The lowest BCUT2D eigenvalue weighted by atomic mass is 9.99. The molecule has 1 aromatic carbocycles. The molecule has 3 rings (SSSR count). The van der Waals surface area contributed by atoms with Crippen molar-refractivity contribution in [2.45, 2.75) is 50.0 Å². The summed E-state index contributed by atoms with van der Waals surface area (Å²) in [6.45, 7) is 3.77. The van der Waals surface area contributed by atoms with Crippen LogP contribution in [0.4, 0.5) is 10.5 Å². The average Bonchev–Trinajstić information content (AvgIpc) is 2.97. The zero-order valence-corrected chi connectivity index (χ0v) is 18.8. The van der Waals surface area contributed by atoms with Crippen molar-refractivity contribution >= 4 is 33.6 Å². The molecule has 2 saturated heterocycles. The largest absolute Gasteiger partial charge is 0.495 e. The van der Waals surface area contributed by atoms with E-state index in [1.165, 1.54) is 29.6 Å². The second-order valence-corrected chi connectivity index (χ2v) is 9.79. The predicted octanol–water partition coefficient (Wildman–Crippen LogP) is 1.53. The van der Waals surface area contributed by atoms with Gasteiger partial charge in [-0.1, -0.05) is 13.3 Å². The minimum atomic E-state index is -3.79. The Balaban J connectivity index is 1.78. The Hall–Kier alpha value is -2.66. The van der Waals surface area contributed by atoms with Crippen molar-refractivity contribution in [1.82, 2.24) is 14.5 Å². The van der Waals surface area contributed by atoms with Gasteiger partial charge >= 0.3 is 6.03 Å². The Labute approximate surface area is 182 Å². The van der Waals surface area contributed by atoms with E-state index in [-0.39, 0.29) is 16.3 Å². The molecule has 31 heavy (non-hydrogen) atoms. The maximum Gasteiger partial charge on any atom is 0.325 e. The van der Waals surface area contributed by atoms with E-state index >= 15 is 0 Å². The molecule has 2 heterocycles. The maximum atomic E-state index is 13.1. The summed E-state index contributed by atoms with van der Waals surface area (Å²) in [4.78, 5) is 37.9. The number of hydrogen-bond donors (Lipinski definition) is 2. The highest BCUT2D eigenvalue weighted by molar-refractivity contribution is 7.89. The van der Waals surface area contributed by atoms with Crippen molar-refractivity contribution in [3.8, 4) is 5.75 Å². The summed E-state index contributed by atoms with van der Waals surface area (Å²) in [6, 6.07) is 3.68. The number of hydrogen-bond acceptors (Lipinski definition) is 6. The summed E-state index contributed by atoms with van der Waals surface area (Å²) < 4.78 is 32.8. The SMILES string of the molecule is CCC1(C)NC(=O)N(CC(=O)Nc2ccc(OC)c(S(=O)(=O)N3CCCCC3)c2)C1=O. The zero-order chi connectivity index (χ0) is 22.8. The van der Waals surface area contributed by atoms with Crippen LogP contribution < -0.4 is 15.4 Å². The molecule has 10 nitrogen and oxygen atoms in total. The topological polar surface area (TPSA) is 125 Å². The first kappa shape index (κ1) is 23.0. The fourth-order valence-electron chi connectivity index (χ4n) is 3.67. The van der Waals surface area contributed by atoms with Crippen LogP contribution in [-0.2, 0) is 19.6 Å². The van der Waals surface area contributed by atoms with E-state index < -0.39 is 40.0 Å². The lowest BCUT2D eigenvalue weighted by Crippen LogP contribution is -2.44. The van der Waals surface area contributed by atoms with Gasteiger partial charge in [0.05, 0.1) is 7.11 Å². The van der Waals surface area contributed by atoms with Crippen LogP contribution in [0.5, 0.6) is 5.75 Å². The summed E-state index contributed by atoms with van der Waals surface area (Å²) in [5.41, 5.74) is -0.806. The molecule has 1 unspecified atom stereocenters. The number of amides is 4. The molecule has 2 aliphatic heterocycles. The van der Waals surface area contributed by atoms with Gasteiger partial charge in [0.15, 0.2) is 0 Å². The van der Waals surface area contributed by atoms with Gasteiger partial charge in [-0.15, -0.1) is 0 Å². The van der Waals surface area contributed by atoms with Crippen LogP contribution in [0, 0.1) is 0 Å². The number of sulfonamides is 1. The van der Waals surface area contributed by atoms with Crippen molar-refractivity contribution < 1.29 is 27.5 Å². The van der Waals surface area contributed by atoms with Crippen LogP contribution in [0.25, 0.3) is 0 Å². The average molecular weight is 453 g/mol. The lowest BCUT2D eigenvalue weighted by molar-refractivity contribution is -0.133. The second-order valence-electron chi connectivity index (χ2n) is 7.89. The normalized spacial score (nSPS) is 22.4. The minimum Gasteiger partial charge on any atom is -0.495 e. The molecule has 0 aromatic heterocycles. The number of ether oxygens (including phenoxy) is 1. The van der Waals surface area contributed by atoms with Gasteiger partial charge in [-0.05, 0) is 44.4 Å². The van der Waals surface area contributed by atoms with Gasteiger partial charge in [-0.3, -0.25) is 14.5 Å². The van der Waals surface area contributed by atoms with Gasteiger partial charge in [0.1, 0.15) is 22.7 Å². The van der Waals surface area contributed by atoms with Crippen molar-refractivity contribution in [2.75, 3.05) is 32.1 Å². The van der Waals surface area contributed by atoms with E-state index in [4.69, 9.17) is 4.74 Å². The van der Waals surface area contributed by atoms with E-state index in [9.17, 15) is 22.8 Å². The Morgan fingerprint density at radius 2 is 1.90 bits per heavy atom. The van der Waals surface area contributed by atoms with Crippen LogP contribution in [0.1, 0.15) is 39.5 Å². The van der Waals surface area contributed by atoms with Crippen LogP contribution in [-0.4, -0.2) is 67.8 Å². The van der Waals surface area contributed by atoms with E-state index in [1.807, 2.05) is 0 Å². The molecule has 2 aliphatic rings. The molecule has 1 atom stereocenters. The number of carbonyl (C=O) groups excluding carboxylic acids is 3. The molecule has 0 aliphatic carbocycles. The van der Waals surface area contributed by atoms with Gasteiger partial charge in [0.2, 0.25) is 15.9 Å². The maximum absolute atomic E-state index is 13.1. The number of piperidine rings is 1. The quantitative estimate of drug-likeness (QED) is 0.605. The highest BCUT2D eigenvalue weighted by atomic mass is 32.2. The first-order valence-corrected chi connectivity index (χ1v) is 11.7. The molecule has 0 radical (unpaired) electrons. The third kappa shape index (κ3) is 4.52. The third-order valence-electron chi connectivity index (χ3n) is 5.73. The third-order valence-corrected chi connectivity index (χ3v) is 7.65. The van der Waals surface area contributed by atoms with Crippen molar-refractivity contribution in [3.05, 3.63) is 18.2 Å². The molecular formula is C20H28N4O6S. The van der Waals surface area contributed by atoms with E-state index in [2.05, 4.69) is 10.6 Å². The van der Waals surface area contributed by atoms with Gasteiger partial charge in [0.25, 0.3) is 5.91 Å². The fraction of sp³-hybridized carbons (Fsp3) is 0.550. The first-order valence-electron chi connectivity index (χ1n) is 10.2. The Morgan fingerprint density at radius 3 is 2.48 bits per heavy atom. The molecule has 0 spiro atoms. The number of urea groups is 1. The lowest BCUT2D eigenvalue weighted by Gasteiger charge is -2.26. The van der Waals surface area contributed by atoms with Crippen molar-refractivity contribution in [2.24, 2.45) is 0 Å². The number of anilines is 1. The number of benzene rings is 1. The number of carbonyl (C=O) groups is 3. The zero-order valence-electron chi connectivity index (χ0n) is 17.9. The number of rotatable bonds is 7. The summed E-state index contributed by atoms with van der Waals surface area (Å²) in [7, 11) is -2.41. The number of imide groups is 1. The van der Waals surface area contributed by atoms with Crippen molar-refractivity contribution in [1.29, 1.82) is 0 Å². The smallest absolute Gasteiger partial charge is 0.325 e. The Bertz CT molecular complexity index is 989. The van der Waals surface area contributed by atoms with E-state index in [0.29, 0.717) is 19.5 Å². The molecule has 2 N–H and O–H groups in total. The summed E-state index contributed by atoms with van der Waals surface area (Å²) in [5, 5.41) is 5.16.